The van der Waals surface area contributed by atoms with Crippen LogP contribution in [0.3, 0.4) is 0 Å². The Morgan fingerprint density at radius 3 is 2.59 bits per heavy atom. The third-order valence-corrected chi connectivity index (χ3v) is 5.32. The molecule has 1 heterocycles. The van der Waals surface area contributed by atoms with Crippen molar-refractivity contribution < 1.29 is 8.42 Å². The number of H-pyrrole nitrogens is 1. The normalized spacial score (nSPS) is 13.3. The lowest BCUT2D eigenvalue weighted by atomic mass is 10.0. The van der Waals surface area contributed by atoms with E-state index in [-0.39, 0.29) is 11.6 Å². The molecule has 7 heteroatoms. The maximum atomic E-state index is 12.4. The summed E-state index contributed by atoms with van der Waals surface area (Å²) in [6.07, 6.45) is 2.16. The molecule has 0 amide bonds. The fourth-order valence-corrected chi connectivity index (χ4v) is 3.04. The van der Waals surface area contributed by atoms with Gasteiger partial charge in [-0.25, -0.2) is 8.42 Å². The smallest absolute Gasteiger partial charge is 0.260 e. The van der Waals surface area contributed by atoms with E-state index in [0.29, 0.717) is 5.56 Å². The zero-order valence-electron chi connectivity index (χ0n) is 10.7. The highest BCUT2D eigenvalue weighted by molar-refractivity contribution is 7.89. The highest BCUT2D eigenvalue weighted by Gasteiger charge is 2.34. The number of sulfonamides is 1. The van der Waals surface area contributed by atoms with Crippen LogP contribution in [0.2, 0.25) is 0 Å². The van der Waals surface area contributed by atoms with Crippen LogP contribution in [0.5, 0.6) is 0 Å². The van der Waals surface area contributed by atoms with Gasteiger partial charge in [0, 0.05) is 24.7 Å². The molecule has 0 fully saturated rings. The Hall–Kier alpha value is -0.920. The Labute approximate surface area is 102 Å². The molecule has 1 rings (SSSR count). The van der Waals surface area contributed by atoms with Crippen molar-refractivity contribution in [2.24, 2.45) is 5.73 Å². The summed E-state index contributed by atoms with van der Waals surface area (Å²) in [6.45, 7) is 5.85. The van der Waals surface area contributed by atoms with Gasteiger partial charge in [-0.3, -0.25) is 5.10 Å². The van der Waals surface area contributed by atoms with E-state index < -0.39 is 15.6 Å². The first-order valence-electron chi connectivity index (χ1n) is 5.48. The van der Waals surface area contributed by atoms with Crippen molar-refractivity contribution in [3.63, 3.8) is 0 Å². The van der Waals surface area contributed by atoms with E-state index >= 15 is 0 Å². The quantitative estimate of drug-likeness (QED) is 0.814. The molecule has 0 aliphatic carbocycles. The van der Waals surface area contributed by atoms with Crippen molar-refractivity contribution >= 4 is 10.0 Å². The lowest BCUT2D eigenvalue weighted by molar-refractivity contribution is 0.256. The molecule has 0 saturated carbocycles. The molecule has 0 aliphatic heterocycles. The molecule has 0 atom stereocenters. The monoisotopic (exact) mass is 260 g/mol. The van der Waals surface area contributed by atoms with Crippen LogP contribution in [0.15, 0.2) is 11.2 Å². The molecule has 1 aromatic rings. The highest BCUT2D eigenvalue weighted by atomic mass is 32.2. The molecule has 1 aromatic heterocycles. The second-order valence-corrected chi connectivity index (χ2v) is 6.47. The van der Waals surface area contributed by atoms with Crippen molar-refractivity contribution in [2.75, 3.05) is 7.05 Å². The molecule has 0 spiro atoms. The molecule has 0 bridgehead atoms. The van der Waals surface area contributed by atoms with Crippen molar-refractivity contribution in [1.82, 2.24) is 14.5 Å². The van der Waals surface area contributed by atoms with Crippen LogP contribution in [0.1, 0.15) is 32.8 Å². The highest BCUT2D eigenvalue weighted by Crippen LogP contribution is 2.25. The first kappa shape index (κ1) is 14.1. The Bertz CT molecular complexity index is 478. The molecule has 0 aromatic carbocycles. The van der Waals surface area contributed by atoms with E-state index in [0.717, 1.165) is 6.42 Å². The summed E-state index contributed by atoms with van der Waals surface area (Å²) in [7, 11) is -2.00. The Kier molecular flexibility index (Phi) is 3.95. The minimum Gasteiger partial charge on any atom is -0.326 e. The molecule has 3 N–H and O–H groups in total. The van der Waals surface area contributed by atoms with Crippen LogP contribution in [0.25, 0.3) is 0 Å². The number of nitrogens with one attached hydrogen (secondary N) is 1. The van der Waals surface area contributed by atoms with Gasteiger partial charge >= 0.3 is 0 Å². The van der Waals surface area contributed by atoms with Gasteiger partial charge < -0.3 is 5.73 Å². The van der Waals surface area contributed by atoms with Gasteiger partial charge in [0.2, 0.25) is 0 Å². The van der Waals surface area contributed by atoms with Gasteiger partial charge in [0.15, 0.2) is 5.03 Å². The predicted octanol–water partition coefficient (Wildman–Crippen LogP) is 0.678. The first-order valence-corrected chi connectivity index (χ1v) is 6.92. The average molecular weight is 260 g/mol. The number of rotatable bonds is 5. The van der Waals surface area contributed by atoms with Gasteiger partial charge in [0.05, 0.1) is 6.20 Å². The van der Waals surface area contributed by atoms with E-state index in [4.69, 9.17) is 5.73 Å². The summed E-state index contributed by atoms with van der Waals surface area (Å²) in [6, 6.07) is 0. The Morgan fingerprint density at radius 2 is 2.12 bits per heavy atom. The zero-order chi connectivity index (χ0) is 13.3. The Morgan fingerprint density at radius 1 is 1.53 bits per heavy atom. The number of aromatic nitrogens is 2. The number of hydrogen-bond acceptors (Lipinski definition) is 4. The van der Waals surface area contributed by atoms with Gasteiger partial charge in [-0.1, -0.05) is 6.92 Å². The zero-order valence-corrected chi connectivity index (χ0v) is 11.5. The third-order valence-electron chi connectivity index (χ3n) is 3.23. The average Bonchev–Trinajstić information content (AvgIpc) is 2.76. The van der Waals surface area contributed by atoms with Crippen LogP contribution in [0, 0.1) is 0 Å². The standard InChI is InChI=1S/C10H20N4O2S/c1-5-10(2,3)14(4)17(15,16)9-8(6-11)7-12-13-9/h7H,5-6,11H2,1-4H3,(H,12,13). The number of aromatic amines is 1. The van der Waals surface area contributed by atoms with E-state index in [2.05, 4.69) is 10.2 Å². The Balaban J connectivity index is 3.21. The van der Waals surface area contributed by atoms with E-state index in [1.807, 2.05) is 20.8 Å². The summed E-state index contributed by atoms with van der Waals surface area (Å²) in [5, 5.41) is 6.34. The molecular weight excluding hydrogens is 240 g/mol. The predicted molar refractivity (Wildman–Crippen MR) is 65.8 cm³/mol. The van der Waals surface area contributed by atoms with Gasteiger partial charge in [0.1, 0.15) is 0 Å². The molecule has 0 radical (unpaired) electrons. The molecular formula is C10H20N4O2S. The van der Waals surface area contributed by atoms with Crippen molar-refractivity contribution in [2.45, 2.75) is 44.3 Å². The van der Waals surface area contributed by atoms with Crippen molar-refractivity contribution in [3.8, 4) is 0 Å². The van der Waals surface area contributed by atoms with Crippen molar-refractivity contribution in [3.05, 3.63) is 11.8 Å². The maximum Gasteiger partial charge on any atom is 0.260 e. The second-order valence-electron chi connectivity index (χ2n) is 4.57. The van der Waals surface area contributed by atoms with Gasteiger partial charge in [0.25, 0.3) is 10.0 Å². The second kappa shape index (κ2) is 4.75. The van der Waals surface area contributed by atoms with Crippen LogP contribution < -0.4 is 5.73 Å². The first-order chi connectivity index (χ1) is 7.77. The molecule has 98 valence electrons. The fourth-order valence-electron chi connectivity index (χ4n) is 1.35. The van der Waals surface area contributed by atoms with Crippen LogP contribution >= 0.6 is 0 Å². The lowest BCUT2D eigenvalue weighted by Crippen LogP contribution is -2.44. The van der Waals surface area contributed by atoms with E-state index in [9.17, 15) is 8.42 Å². The largest absolute Gasteiger partial charge is 0.326 e. The summed E-state index contributed by atoms with van der Waals surface area (Å²) in [5.74, 6) is 0. The molecule has 0 saturated heterocycles. The van der Waals surface area contributed by atoms with Gasteiger partial charge in [-0.05, 0) is 20.3 Å². The lowest BCUT2D eigenvalue weighted by Gasteiger charge is -2.33. The third kappa shape index (κ3) is 2.51. The summed E-state index contributed by atoms with van der Waals surface area (Å²) < 4.78 is 26.1. The number of nitrogens with two attached hydrogens (primary N) is 1. The van der Waals surface area contributed by atoms with Crippen LogP contribution in [0.4, 0.5) is 0 Å². The SMILES string of the molecule is CCC(C)(C)N(C)S(=O)(=O)c1[nH]ncc1CN. The topological polar surface area (TPSA) is 92.1 Å². The van der Waals surface area contributed by atoms with Crippen LogP contribution in [-0.4, -0.2) is 35.5 Å². The number of nitrogens with zero attached hydrogens (tertiary/aromatic N) is 2. The maximum absolute atomic E-state index is 12.4. The van der Waals surface area contributed by atoms with E-state index in [1.165, 1.54) is 10.5 Å². The summed E-state index contributed by atoms with van der Waals surface area (Å²) >= 11 is 0. The van der Waals surface area contributed by atoms with Gasteiger partial charge in [-0.2, -0.15) is 9.40 Å². The molecule has 17 heavy (non-hydrogen) atoms. The molecule has 0 aliphatic rings. The summed E-state index contributed by atoms with van der Waals surface area (Å²) in [5.41, 5.74) is 5.55. The number of hydrogen-bond donors (Lipinski definition) is 2. The van der Waals surface area contributed by atoms with E-state index in [1.54, 1.807) is 7.05 Å². The molecule has 6 nitrogen and oxygen atoms in total. The summed E-state index contributed by atoms with van der Waals surface area (Å²) in [4.78, 5) is 0. The fraction of sp³-hybridized carbons (Fsp3) is 0.700. The minimum absolute atomic E-state index is 0.0871. The van der Waals surface area contributed by atoms with Crippen LogP contribution in [-0.2, 0) is 16.6 Å². The minimum atomic E-state index is -3.57. The molecule has 0 unspecified atom stereocenters. The van der Waals surface area contributed by atoms with Gasteiger partial charge in [-0.15, -0.1) is 0 Å². The van der Waals surface area contributed by atoms with Crippen molar-refractivity contribution in [1.29, 1.82) is 0 Å².